The molecule has 23 heavy (non-hydrogen) atoms. The predicted octanol–water partition coefficient (Wildman–Crippen LogP) is 2.72. The van der Waals surface area contributed by atoms with E-state index in [0.717, 1.165) is 6.42 Å². The first-order valence-electron chi connectivity index (χ1n) is 7.60. The summed E-state index contributed by atoms with van der Waals surface area (Å²) >= 11 is 0. The molecule has 1 aromatic heterocycles. The maximum atomic E-state index is 12.6. The van der Waals surface area contributed by atoms with Crippen LogP contribution in [0.4, 0.5) is 0 Å². The molecule has 1 aliphatic rings. The van der Waals surface area contributed by atoms with Gasteiger partial charge in [-0.25, -0.2) is 9.78 Å². The molecule has 5 heteroatoms. The number of hydrogen-bond acceptors (Lipinski definition) is 3. The van der Waals surface area contributed by atoms with Crippen LogP contribution in [-0.4, -0.2) is 40.0 Å². The third-order valence-corrected chi connectivity index (χ3v) is 4.33. The Kier molecular flexibility index (Phi) is 4.10. The van der Waals surface area contributed by atoms with Crippen LogP contribution in [0, 0.1) is 6.92 Å². The van der Waals surface area contributed by atoms with Crippen LogP contribution in [0.15, 0.2) is 42.6 Å². The Hall–Kier alpha value is -2.69. The number of carbonyl (C=O) groups excluding carboxylic acids is 1. The van der Waals surface area contributed by atoms with Crippen LogP contribution in [0.25, 0.3) is 0 Å². The molecule has 0 aliphatic carbocycles. The molecule has 0 spiro atoms. The highest BCUT2D eigenvalue weighted by atomic mass is 16.4. The van der Waals surface area contributed by atoms with Crippen molar-refractivity contribution in [3.63, 3.8) is 0 Å². The first-order chi connectivity index (χ1) is 11.1. The van der Waals surface area contributed by atoms with E-state index >= 15 is 0 Å². The van der Waals surface area contributed by atoms with Gasteiger partial charge in [-0.2, -0.15) is 0 Å². The molecule has 2 heterocycles. The number of carboxylic acid groups (broad SMARTS) is 1. The number of pyridine rings is 1. The van der Waals surface area contributed by atoms with Crippen molar-refractivity contribution in [2.24, 2.45) is 0 Å². The van der Waals surface area contributed by atoms with Crippen molar-refractivity contribution in [1.82, 2.24) is 9.88 Å². The van der Waals surface area contributed by atoms with Crippen LogP contribution in [0.5, 0.6) is 0 Å². The Morgan fingerprint density at radius 3 is 2.78 bits per heavy atom. The molecule has 1 aliphatic heterocycles. The maximum Gasteiger partial charge on any atom is 0.354 e. The van der Waals surface area contributed by atoms with E-state index in [4.69, 9.17) is 5.11 Å². The van der Waals surface area contributed by atoms with Gasteiger partial charge in [-0.1, -0.05) is 24.3 Å². The molecule has 5 nitrogen and oxygen atoms in total. The Balaban J connectivity index is 1.76. The SMILES string of the molecule is Cc1ccccc1C1CCN(C(=O)c2ccnc(C(=O)O)c2)C1. The lowest BCUT2D eigenvalue weighted by Crippen LogP contribution is -2.28. The number of carboxylic acids is 1. The minimum atomic E-state index is -1.13. The van der Waals surface area contributed by atoms with Crippen molar-refractivity contribution in [1.29, 1.82) is 0 Å². The molecule has 1 saturated heterocycles. The number of amides is 1. The van der Waals surface area contributed by atoms with Crippen LogP contribution in [-0.2, 0) is 0 Å². The van der Waals surface area contributed by atoms with Gasteiger partial charge in [-0.3, -0.25) is 4.79 Å². The van der Waals surface area contributed by atoms with E-state index in [-0.39, 0.29) is 11.6 Å². The molecule has 1 unspecified atom stereocenters. The highest BCUT2D eigenvalue weighted by molar-refractivity contribution is 5.96. The molecular weight excluding hydrogens is 292 g/mol. The second kappa shape index (κ2) is 6.20. The summed E-state index contributed by atoms with van der Waals surface area (Å²) in [5, 5.41) is 8.99. The van der Waals surface area contributed by atoms with Crippen molar-refractivity contribution in [2.45, 2.75) is 19.3 Å². The summed E-state index contributed by atoms with van der Waals surface area (Å²) in [6.45, 7) is 3.43. The highest BCUT2D eigenvalue weighted by Gasteiger charge is 2.29. The third kappa shape index (κ3) is 3.08. The summed E-state index contributed by atoms with van der Waals surface area (Å²) in [4.78, 5) is 29.1. The summed E-state index contributed by atoms with van der Waals surface area (Å²) in [5.41, 5.74) is 2.79. The van der Waals surface area contributed by atoms with Gasteiger partial charge < -0.3 is 10.0 Å². The number of carbonyl (C=O) groups is 2. The topological polar surface area (TPSA) is 70.5 Å². The smallest absolute Gasteiger partial charge is 0.354 e. The fourth-order valence-corrected chi connectivity index (χ4v) is 3.11. The van der Waals surface area contributed by atoms with E-state index in [1.165, 1.54) is 23.4 Å². The van der Waals surface area contributed by atoms with Crippen LogP contribution in [0.1, 0.15) is 44.3 Å². The first-order valence-corrected chi connectivity index (χ1v) is 7.60. The minimum absolute atomic E-state index is 0.106. The fourth-order valence-electron chi connectivity index (χ4n) is 3.11. The molecule has 1 atom stereocenters. The second-order valence-electron chi connectivity index (χ2n) is 5.83. The summed E-state index contributed by atoms with van der Waals surface area (Å²) < 4.78 is 0. The molecule has 0 saturated carbocycles. The highest BCUT2D eigenvalue weighted by Crippen LogP contribution is 2.30. The molecule has 0 radical (unpaired) electrons. The van der Waals surface area contributed by atoms with Crippen LogP contribution in [0.3, 0.4) is 0 Å². The molecule has 118 valence electrons. The fraction of sp³-hybridized carbons (Fsp3) is 0.278. The lowest BCUT2D eigenvalue weighted by Gasteiger charge is -2.17. The molecule has 0 bridgehead atoms. The Bertz CT molecular complexity index is 757. The average molecular weight is 310 g/mol. The average Bonchev–Trinajstić information content (AvgIpc) is 3.04. The standard InChI is InChI=1S/C18H18N2O3/c1-12-4-2-3-5-15(12)14-7-9-20(11-14)17(21)13-6-8-19-16(10-13)18(22)23/h2-6,8,10,14H,7,9,11H2,1H3,(H,22,23). The summed E-state index contributed by atoms with van der Waals surface area (Å²) in [7, 11) is 0. The van der Waals surface area contributed by atoms with E-state index in [1.54, 1.807) is 11.0 Å². The van der Waals surface area contributed by atoms with Crippen LogP contribution >= 0.6 is 0 Å². The van der Waals surface area contributed by atoms with E-state index in [0.29, 0.717) is 24.6 Å². The number of nitrogens with zero attached hydrogens (tertiary/aromatic N) is 2. The van der Waals surface area contributed by atoms with E-state index in [2.05, 4.69) is 24.0 Å². The van der Waals surface area contributed by atoms with Crippen LogP contribution in [0.2, 0.25) is 0 Å². The first kappa shape index (κ1) is 15.2. The zero-order valence-corrected chi connectivity index (χ0v) is 12.9. The number of aryl methyl sites for hydroxylation is 1. The molecular formula is C18H18N2O3. The largest absolute Gasteiger partial charge is 0.477 e. The van der Waals surface area contributed by atoms with Crippen molar-refractivity contribution in [3.05, 3.63) is 65.0 Å². The van der Waals surface area contributed by atoms with Crippen molar-refractivity contribution >= 4 is 11.9 Å². The van der Waals surface area contributed by atoms with E-state index in [1.807, 2.05) is 12.1 Å². The number of aromatic carboxylic acids is 1. The number of rotatable bonds is 3. The van der Waals surface area contributed by atoms with Gasteiger partial charge in [0.1, 0.15) is 5.69 Å². The van der Waals surface area contributed by atoms with Gasteiger partial charge in [0.25, 0.3) is 5.91 Å². The Morgan fingerprint density at radius 1 is 1.26 bits per heavy atom. The van der Waals surface area contributed by atoms with Crippen molar-refractivity contribution in [3.8, 4) is 0 Å². The summed E-state index contributed by atoms with van der Waals surface area (Å²) in [6, 6.07) is 11.1. The van der Waals surface area contributed by atoms with E-state index in [9.17, 15) is 9.59 Å². The number of hydrogen-bond donors (Lipinski definition) is 1. The zero-order valence-electron chi connectivity index (χ0n) is 12.9. The number of likely N-dealkylation sites (tertiary alicyclic amines) is 1. The monoisotopic (exact) mass is 310 g/mol. The zero-order chi connectivity index (χ0) is 16.4. The van der Waals surface area contributed by atoms with Crippen LogP contribution < -0.4 is 0 Å². The molecule has 1 fully saturated rings. The van der Waals surface area contributed by atoms with E-state index < -0.39 is 5.97 Å². The quantitative estimate of drug-likeness (QED) is 0.946. The minimum Gasteiger partial charge on any atom is -0.477 e. The molecule has 3 rings (SSSR count). The van der Waals surface area contributed by atoms with Gasteiger partial charge in [0.15, 0.2) is 0 Å². The lowest BCUT2D eigenvalue weighted by molar-refractivity contribution is 0.0690. The van der Waals surface area contributed by atoms with Gasteiger partial charge in [0, 0.05) is 30.8 Å². The van der Waals surface area contributed by atoms with Gasteiger partial charge in [0.2, 0.25) is 0 Å². The molecule has 2 aromatic rings. The number of benzene rings is 1. The van der Waals surface area contributed by atoms with Gasteiger partial charge >= 0.3 is 5.97 Å². The molecule has 1 N–H and O–H groups in total. The lowest BCUT2D eigenvalue weighted by atomic mass is 9.94. The van der Waals surface area contributed by atoms with Crippen molar-refractivity contribution < 1.29 is 14.7 Å². The maximum absolute atomic E-state index is 12.6. The summed E-state index contributed by atoms with van der Waals surface area (Å²) in [5.74, 6) is -0.925. The van der Waals surface area contributed by atoms with Crippen molar-refractivity contribution in [2.75, 3.05) is 13.1 Å². The summed E-state index contributed by atoms with van der Waals surface area (Å²) in [6.07, 6.45) is 2.29. The number of aromatic nitrogens is 1. The van der Waals surface area contributed by atoms with Gasteiger partial charge in [-0.15, -0.1) is 0 Å². The molecule has 1 amide bonds. The Morgan fingerprint density at radius 2 is 2.04 bits per heavy atom. The third-order valence-electron chi connectivity index (χ3n) is 4.33. The predicted molar refractivity (Wildman–Crippen MR) is 85.6 cm³/mol. The van der Waals surface area contributed by atoms with Gasteiger partial charge in [-0.05, 0) is 36.6 Å². The molecule has 1 aromatic carbocycles. The normalized spacial score (nSPS) is 17.3. The van der Waals surface area contributed by atoms with Gasteiger partial charge in [0.05, 0.1) is 0 Å². The Labute approximate surface area is 134 Å². The second-order valence-corrected chi connectivity index (χ2v) is 5.83.